The number of anilines is 2. The standard InChI is InChI=1S/C11H19N7O2/c1-20-11-15-9(14-10(16-11)17-12)13-7-8(19)18-5-3-2-4-6-18/h2-7,12H2,1H3,(H2,13,14,15,16,17). The Bertz CT molecular complexity index is 440. The number of hydrogen-bond acceptors (Lipinski definition) is 8. The number of ether oxygens (including phenoxy) is 1. The molecule has 9 heteroatoms. The van der Waals surface area contributed by atoms with Crippen LogP contribution in [0.3, 0.4) is 0 Å². The molecule has 2 heterocycles. The van der Waals surface area contributed by atoms with Crippen LogP contribution >= 0.6 is 0 Å². The highest BCUT2D eigenvalue weighted by atomic mass is 16.5. The molecule has 0 spiro atoms. The molecule has 0 unspecified atom stereocenters. The Kier molecular flexibility index (Phi) is 4.88. The van der Waals surface area contributed by atoms with E-state index in [9.17, 15) is 4.79 Å². The van der Waals surface area contributed by atoms with Gasteiger partial charge in [0, 0.05) is 13.1 Å². The first-order valence-corrected chi connectivity index (χ1v) is 6.51. The van der Waals surface area contributed by atoms with Gasteiger partial charge in [-0.05, 0) is 19.3 Å². The molecule has 1 amide bonds. The lowest BCUT2D eigenvalue weighted by Gasteiger charge is -2.26. The van der Waals surface area contributed by atoms with Crippen molar-refractivity contribution in [2.45, 2.75) is 19.3 Å². The van der Waals surface area contributed by atoms with Gasteiger partial charge in [-0.3, -0.25) is 10.2 Å². The van der Waals surface area contributed by atoms with Crippen LogP contribution in [0.25, 0.3) is 0 Å². The third-order valence-electron chi connectivity index (χ3n) is 3.03. The van der Waals surface area contributed by atoms with Crippen LogP contribution < -0.4 is 21.3 Å². The van der Waals surface area contributed by atoms with E-state index in [1.807, 2.05) is 4.90 Å². The number of nitrogens with one attached hydrogen (secondary N) is 2. The molecule has 1 aliphatic rings. The lowest BCUT2D eigenvalue weighted by atomic mass is 10.1. The van der Waals surface area contributed by atoms with Gasteiger partial charge in [0.15, 0.2) is 0 Å². The fraction of sp³-hybridized carbons (Fsp3) is 0.636. The monoisotopic (exact) mass is 281 g/mol. The zero-order chi connectivity index (χ0) is 14.4. The van der Waals surface area contributed by atoms with Crippen LogP contribution in [0, 0.1) is 0 Å². The van der Waals surface area contributed by atoms with E-state index in [1.165, 1.54) is 13.5 Å². The van der Waals surface area contributed by atoms with Crippen molar-refractivity contribution in [3.63, 3.8) is 0 Å². The summed E-state index contributed by atoms with van der Waals surface area (Å²) in [7, 11) is 1.44. The second-order valence-electron chi connectivity index (χ2n) is 4.41. The molecular weight excluding hydrogens is 262 g/mol. The molecule has 0 aromatic carbocycles. The molecule has 0 aliphatic carbocycles. The molecule has 1 aromatic heterocycles. The maximum absolute atomic E-state index is 12.0. The summed E-state index contributed by atoms with van der Waals surface area (Å²) in [6.45, 7) is 1.77. The number of likely N-dealkylation sites (tertiary alicyclic amines) is 1. The van der Waals surface area contributed by atoms with Crippen LogP contribution in [-0.4, -0.2) is 52.5 Å². The van der Waals surface area contributed by atoms with E-state index >= 15 is 0 Å². The molecule has 1 saturated heterocycles. The molecule has 0 atom stereocenters. The van der Waals surface area contributed by atoms with Crippen LogP contribution in [0.4, 0.5) is 11.9 Å². The highest BCUT2D eigenvalue weighted by molar-refractivity contribution is 5.80. The summed E-state index contributed by atoms with van der Waals surface area (Å²) in [5, 5.41) is 2.86. The fourth-order valence-corrected chi connectivity index (χ4v) is 2.00. The quantitative estimate of drug-likeness (QED) is 0.492. The van der Waals surface area contributed by atoms with E-state index in [1.54, 1.807) is 0 Å². The first kappa shape index (κ1) is 14.3. The Morgan fingerprint density at radius 1 is 1.25 bits per heavy atom. The number of hydrogen-bond donors (Lipinski definition) is 3. The summed E-state index contributed by atoms with van der Waals surface area (Å²) in [5.41, 5.74) is 2.32. The maximum atomic E-state index is 12.0. The van der Waals surface area contributed by atoms with Gasteiger partial charge in [-0.1, -0.05) is 0 Å². The number of nitrogen functional groups attached to an aromatic ring is 1. The van der Waals surface area contributed by atoms with Gasteiger partial charge < -0.3 is 15.0 Å². The molecule has 0 bridgehead atoms. The summed E-state index contributed by atoms with van der Waals surface area (Å²) in [6.07, 6.45) is 3.31. The van der Waals surface area contributed by atoms with Gasteiger partial charge in [0.2, 0.25) is 17.8 Å². The second kappa shape index (κ2) is 6.85. The van der Waals surface area contributed by atoms with Gasteiger partial charge in [0.25, 0.3) is 0 Å². The zero-order valence-corrected chi connectivity index (χ0v) is 11.4. The molecule has 1 fully saturated rings. The number of nitrogens with zero attached hydrogens (tertiary/aromatic N) is 4. The van der Waals surface area contributed by atoms with Crippen molar-refractivity contribution < 1.29 is 9.53 Å². The second-order valence-corrected chi connectivity index (χ2v) is 4.41. The van der Waals surface area contributed by atoms with Crippen molar-refractivity contribution >= 4 is 17.8 Å². The fourth-order valence-electron chi connectivity index (χ4n) is 2.00. The van der Waals surface area contributed by atoms with Crippen molar-refractivity contribution in [1.82, 2.24) is 19.9 Å². The molecule has 1 aliphatic heterocycles. The minimum atomic E-state index is 0.0336. The zero-order valence-electron chi connectivity index (χ0n) is 11.4. The molecular formula is C11H19N7O2. The summed E-state index contributed by atoms with van der Waals surface area (Å²) >= 11 is 0. The Labute approximate surface area is 116 Å². The average Bonchev–Trinajstić information content (AvgIpc) is 2.53. The van der Waals surface area contributed by atoms with Crippen LogP contribution in [0.5, 0.6) is 6.01 Å². The largest absolute Gasteiger partial charge is 0.467 e. The highest BCUT2D eigenvalue weighted by Gasteiger charge is 2.16. The van der Waals surface area contributed by atoms with Crippen molar-refractivity contribution in [1.29, 1.82) is 0 Å². The number of carbonyl (C=O) groups is 1. The smallest absolute Gasteiger partial charge is 0.322 e. The molecule has 20 heavy (non-hydrogen) atoms. The molecule has 4 N–H and O–H groups in total. The minimum Gasteiger partial charge on any atom is -0.467 e. The number of hydrazine groups is 1. The van der Waals surface area contributed by atoms with Crippen molar-refractivity contribution in [3.8, 4) is 6.01 Å². The Morgan fingerprint density at radius 2 is 1.95 bits per heavy atom. The van der Waals surface area contributed by atoms with E-state index < -0.39 is 0 Å². The molecule has 0 saturated carbocycles. The van der Waals surface area contributed by atoms with Gasteiger partial charge in [0.1, 0.15) is 0 Å². The van der Waals surface area contributed by atoms with E-state index in [0.717, 1.165) is 25.9 Å². The minimum absolute atomic E-state index is 0.0336. The van der Waals surface area contributed by atoms with E-state index in [-0.39, 0.29) is 30.4 Å². The summed E-state index contributed by atoms with van der Waals surface area (Å²) in [6, 6.07) is 0.126. The number of nitrogens with two attached hydrogens (primary N) is 1. The van der Waals surface area contributed by atoms with Gasteiger partial charge >= 0.3 is 6.01 Å². The Hall–Kier alpha value is -2.16. The number of rotatable bonds is 5. The van der Waals surface area contributed by atoms with E-state index in [4.69, 9.17) is 10.6 Å². The molecule has 0 radical (unpaired) electrons. The normalized spacial score (nSPS) is 14.8. The van der Waals surface area contributed by atoms with Gasteiger partial charge in [-0.2, -0.15) is 15.0 Å². The predicted octanol–water partition coefficient (Wildman–Crippen LogP) is -0.410. The van der Waals surface area contributed by atoms with Crippen molar-refractivity contribution in [2.24, 2.45) is 5.84 Å². The Morgan fingerprint density at radius 3 is 2.60 bits per heavy atom. The molecule has 1 aromatic rings. The number of carbonyl (C=O) groups excluding carboxylic acids is 1. The van der Waals surface area contributed by atoms with Gasteiger partial charge in [0.05, 0.1) is 13.7 Å². The van der Waals surface area contributed by atoms with E-state index in [0.29, 0.717) is 0 Å². The third kappa shape index (κ3) is 3.67. The number of piperidine rings is 1. The summed E-state index contributed by atoms with van der Waals surface area (Å²) < 4.78 is 4.93. The predicted molar refractivity (Wildman–Crippen MR) is 73.1 cm³/mol. The number of aromatic nitrogens is 3. The topological polar surface area (TPSA) is 118 Å². The molecule has 9 nitrogen and oxygen atoms in total. The number of amides is 1. The lowest BCUT2D eigenvalue weighted by Crippen LogP contribution is -2.39. The van der Waals surface area contributed by atoms with E-state index in [2.05, 4.69) is 25.7 Å². The van der Waals surface area contributed by atoms with Crippen molar-refractivity contribution in [2.75, 3.05) is 37.5 Å². The highest BCUT2D eigenvalue weighted by Crippen LogP contribution is 2.11. The van der Waals surface area contributed by atoms with Crippen molar-refractivity contribution in [3.05, 3.63) is 0 Å². The first-order valence-electron chi connectivity index (χ1n) is 6.51. The first-order chi connectivity index (χ1) is 9.72. The average molecular weight is 281 g/mol. The van der Waals surface area contributed by atoms with Gasteiger partial charge in [-0.15, -0.1) is 0 Å². The molecule has 2 rings (SSSR count). The van der Waals surface area contributed by atoms with Crippen LogP contribution in [0.2, 0.25) is 0 Å². The maximum Gasteiger partial charge on any atom is 0.322 e. The van der Waals surface area contributed by atoms with Crippen LogP contribution in [0.1, 0.15) is 19.3 Å². The Balaban J connectivity index is 1.94. The lowest BCUT2D eigenvalue weighted by molar-refractivity contribution is -0.130. The third-order valence-corrected chi connectivity index (χ3v) is 3.03. The summed E-state index contributed by atoms with van der Waals surface area (Å²) in [5.74, 6) is 5.70. The van der Waals surface area contributed by atoms with Crippen LogP contribution in [0.15, 0.2) is 0 Å². The van der Waals surface area contributed by atoms with Crippen LogP contribution in [-0.2, 0) is 4.79 Å². The molecule has 110 valence electrons. The van der Waals surface area contributed by atoms with Gasteiger partial charge in [-0.25, -0.2) is 5.84 Å². The number of methoxy groups -OCH3 is 1. The summed E-state index contributed by atoms with van der Waals surface area (Å²) in [4.78, 5) is 25.7. The SMILES string of the molecule is COc1nc(NN)nc(NCC(=O)N2CCCCC2)n1.